The van der Waals surface area contributed by atoms with E-state index < -0.39 is 0 Å². The molecule has 1 fully saturated rings. The van der Waals surface area contributed by atoms with E-state index in [4.69, 9.17) is 0 Å². The molecule has 0 spiro atoms. The van der Waals surface area contributed by atoms with Crippen LogP contribution in [0.5, 0.6) is 0 Å². The minimum atomic E-state index is -0.190. The SMILES string of the molecule is CC(C)(C)NC(=O)c1ccc(N2CCCC2)cc1. The molecule has 0 radical (unpaired) electrons. The van der Waals surface area contributed by atoms with Crippen molar-refractivity contribution in [3.05, 3.63) is 29.8 Å². The lowest BCUT2D eigenvalue weighted by molar-refractivity contribution is 0.0919. The summed E-state index contributed by atoms with van der Waals surface area (Å²) in [5.41, 5.74) is 1.76. The second-order valence-corrected chi connectivity index (χ2v) is 5.95. The van der Waals surface area contributed by atoms with E-state index in [-0.39, 0.29) is 11.4 Å². The maximum Gasteiger partial charge on any atom is 0.251 e. The fourth-order valence-electron chi connectivity index (χ4n) is 2.21. The summed E-state index contributed by atoms with van der Waals surface area (Å²) in [6, 6.07) is 7.91. The van der Waals surface area contributed by atoms with Gasteiger partial charge in [0.2, 0.25) is 0 Å². The molecule has 98 valence electrons. The zero-order valence-electron chi connectivity index (χ0n) is 11.5. The maximum atomic E-state index is 12.0. The van der Waals surface area contributed by atoms with Gasteiger partial charge in [-0.15, -0.1) is 0 Å². The summed E-state index contributed by atoms with van der Waals surface area (Å²) < 4.78 is 0. The van der Waals surface area contributed by atoms with Crippen LogP contribution in [0.4, 0.5) is 5.69 Å². The van der Waals surface area contributed by atoms with E-state index in [9.17, 15) is 4.79 Å². The van der Waals surface area contributed by atoms with Gasteiger partial charge in [-0.2, -0.15) is 0 Å². The minimum absolute atomic E-state index is 0.00419. The predicted molar refractivity (Wildman–Crippen MR) is 75.1 cm³/mol. The van der Waals surface area contributed by atoms with Crippen LogP contribution >= 0.6 is 0 Å². The standard InChI is InChI=1S/C15H22N2O/c1-15(2,3)16-14(18)12-6-8-13(9-7-12)17-10-4-5-11-17/h6-9H,4-5,10-11H2,1-3H3,(H,16,18). The summed E-state index contributed by atoms with van der Waals surface area (Å²) in [5, 5.41) is 2.97. The van der Waals surface area contributed by atoms with Gasteiger partial charge in [-0.25, -0.2) is 0 Å². The van der Waals surface area contributed by atoms with Crippen molar-refractivity contribution >= 4 is 11.6 Å². The highest BCUT2D eigenvalue weighted by Crippen LogP contribution is 2.20. The average molecular weight is 246 g/mol. The Morgan fingerprint density at radius 3 is 2.17 bits per heavy atom. The summed E-state index contributed by atoms with van der Waals surface area (Å²) >= 11 is 0. The van der Waals surface area contributed by atoms with Crippen molar-refractivity contribution in [1.29, 1.82) is 0 Å². The van der Waals surface area contributed by atoms with Crippen LogP contribution in [0, 0.1) is 0 Å². The Morgan fingerprint density at radius 1 is 1.11 bits per heavy atom. The maximum absolute atomic E-state index is 12.0. The Labute approximate surface area is 109 Å². The van der Waals surface area contributed by atoms with Crippen LogP contribution in [-0.4, -0.2) is 24.5 Å². The molecule has 1 saturated heterocycles. The van der Waals surface area contributed by atoms with E-state index >= 15 is 0 Å². The van der Waals surface area contributed by atoms with Crippen molar-refractivity contribution in [2.75, 3.05) is 18.0 Å². The normalized spacial score (nSPS) is 15.8. The molecule has 3 heteroatoms. The molecular formula is C15H22N2O. The Kier molecular flexibility index (Phi) is 3.60. The third-order valence-corrected chi connectivity index (χ3v) is 3.09. The lowest BCUT2D eigenvalue weighted by Gasteiger charge is -2.21. The van der Waals surface area contributed by atoms with Gasteiger partial charge in [0.15, 0.2) is 0 Å². The van der Waals surface area contributed by atoms with Crippen LogP contribution < -0.4 is 10.2 Å². The Hall–Kier alpha value is -1.51. The molecule has 0 saturated carbocycles. The number of nitrogens with one attached hydrogen (secondary N) is 1. The number of carbonyl (C=O) groups is 1. The first-order chi connectivity index (χ1) is 8.46. The number of rotatable bonds is 2. The first-order valence-electron chi connectivity index (χ1n) is 6.63. The first-order valence-corrected chi connectivity index (χ1v) is 6.63. The van der Waals surface area contributed by atoms with E-state index in [1.54, 1.807) is 0 Å². The van der Waals surface area contributed by atoms with Crippen LogP contribution in [-0.2, 0) is 0 Å². The highest BCUT2D eigenvalue weighted by atomic mass is 16.1. The molecule has 1 aliphatic heterocycles. The Balaban J connectivity index is 2.05. The molecule has 1 heterocycles. The van der Waals surface area contributed by atoms with E-state index in [0.29, 0.717) is 0 Å². The number of hydrogen-bond acceptors (Lipinski definition) is 2. The molecule has 2 rings (SSSR count). The monoisotopic (exact) mass is 246 g/mol. The molecule has 1 aliphatic rings. The van der Waals surface area contributed by atoms with Gasteiger partial charge >= 0.3 is 0 Å². The number of nitrogens with zero attached hydrogens (tertiary/aromatic N) is 1. The van der Waals surface area contributed by atoms with Crippen LogP contribution in [0.1, 0.15) is 44.0 Å². The first kappa shape index (κ1) is 12.9. The van der Waals surface area contributed by atoms with Gasteiger partial charge in [0.05, 0.1) is 0 Å². The zero-order valence-corrected chi connectivity index (χ0v) is 11.5. The number of anilines is 1. The molecule has 0 aromatic heterocycles. The second kappa shape index (κ2) is 5.01. The lowest BCUT2D eigenvalue weighted by Crippen LogP contribution is -2.40. The largest absolute Gasteiger partial charge is 0.372 e. The summed E-state index contributed by atoms with van der Waals surface area (Å²) in [4.78, 5) is 14.3. The van der Waals surface area contributed by atoms with Gasteiger partial charge in [-0.05, 0) is 57.9 Å². The quantitative estimate of drug-likeness (QED) is 0.870. The summed E-state index contributed by atoms with van der Waals surface area (Å²) in [6.07, 6.45) is 2.54. The molecule has 0 bridgehead atoms. The molecular weight excluding hydrogens is 224 g/mol. The fourth-order valence-corrected chi connectivity index (χ4v) is 2.21. The van der Waals surface area contributed by atoms with Crippen molar-refractivity contribution in [2.24, 2.45) is 0 Å². The second-order valence-electron chi connectivity index (χ2n) is 5.95. The summed E-state index contributed by atoms with van der Waals surface area (Å²) in [5.74, 6) is -0.00419. The van der Waals surface area contributed by atoms with Crippen LogP contribution in [0.3, 0.4) is 0 Å². The number of benzene rings is 1. The predicted octanol–water partition coefficient (Wildman–Crippen LogP) is 2.82. The summed E-state index contributed by atoms with van der Waals surface area (Å²) in [7, 11) is 0. The van der Waals surface area contributed by atoms with Crippen molar-refractivity contribution in [2.45, 2.75) is 39.2 Å². The van der Waals surface area contributed by atoms with Gasteiger partial charge < -0.3 is 10.2 Å². The van der Waals surface area contributed by atoms with Crippen molar-refractivity contribution in [1.82, 2.24) is 5.32 Å². The Morgan fingerprint density at radius 2 is 1.67 bits per heavy atom. The Bertz CT molecular complexity index is 411. The minimum Gasteiger partial charge on any atom is -0.372 e. The third kappa shape index (κ3) is 3.25. The smallest absolute Gasteiger partial charge is 0.251 e. The molecule has 0 atom stereocenters. The zero-order chi connectivity index (χ0) is 13.2. The van der Waals surface area contributed by atoms with Gasteiger partial charge in [-0.1, -0.05) is 0 Å². The van der Waals surface area contributed by atoms with Gasteiger partial charge in [0.1, 0.15) is 0 Å². The van der Waals surface area contributed by atoms with Crippen molar-refractivity contribution < 1.29 is 4.79 Å². The van der Waals surface area contributed by atoms with Crippen LogP contribution in [0.25, 0.3) is 0 Å². The molecule has 3 nitrogen and oxygen atoms in total. The van der Waals surface area contributed by atoms with E-state index in [1.807, 2.05) is 45.0 Å². The molecule has 18 heavy (non-hydrogen) atoms. The molecule has 1 N–H and O–H groups in total. The lowest BCUT2D eigenvalue weighted by atomic mass is 10.1. The highest BCUT2D eigenvalue weighted by Gasteiger charge is 2.16. The van der Waals surface area contributed by atoms with Crippen molar-refractivity contribution in [3.63, 3.8) is 0 Å². The van der Waals surface area contributed by atoms with Gasteiger partial charge in [0.25, 0.3) is 5.91 Å². The fraction of sp³-hybridized carbons (Fsp3) is 0.533. The van der Waals surface area contributed by atoms with E-state index in [0.717, 1.165) is 18.7 Å². The highest BCUT2D eigenvalue weighted by molar-refractivity contribution is 5.94. The van der Waals surface area contributed by atoms with Crippen LogP contribution in [0.15, 0.2) is 24.3 Å². The number of amides is 1. The molecule has 1 aromatic carbocycles. The molecule has 0 aliphatic carbocycles. The van der Waals surface area contributed by atoms with E-state index in [1.165, 1.54) is 18.5 Å². The third-order valence-electron chi connectivity index (χ3n) is 3.09. The van der Waals surface area contributed by atoms with Crippen LogP contribution in [0.2, 0.25) is 0 Å². The van der Waals surface area contributed by atoms with Gasteiger partial charge in [-0.3, -0.25) is 4.79 Å². The number of hydrogen-bond donors (Lipinski definition) is 1. The summed E-state index contributed by atoms with van der Waals surface area (Å²) in [6.45, 7) is 8.23. The van der Waals surface area contributed by atoms with E-state index in [2.05, 4.69) is 10.2 Å². The molecule has 0 unspecified atom stereocenters. The average Bonchev–Trinajstić information content (AvgIpc) is 2.80. The topological polar surface area (TPSA) is 32.3 Å². The van der Waals surface area contributed by atoms with Gasteiger partial charge in [0, 0.05) is 29.9 Å². The number of carbonyl (C=O) groups excluding carboxylic acids is 1. The molecule has 1 aromatic rings. The molecule has 1 amide bonds. The van der Waals surface area contributed by atoms with Crippen molar-refractivity contribution in [3.8, 4) is 0 Å².